The minimum absolute atomic E-state index is 0.113. The Morgan fingerprint density at radius 1 is 1.00 bits per heavy atom. The average Bonchev–Trinajstić information content (AvgIpc) is 2.98. The van der Waals surface area contributed by atoms with Gasteiger partial charge in [0.2, 0.25) is 5.91 Å². The van der Waals surface area contributed by atoms with Crippen LogP contribution in [-0.2, 0) is 9.59 Å². The Bertz CT molecular complexity index is 374. The highest BCUT2D eigenvalue weighted by Crippen LogP contribution is 2.18. The number of hydrogen-bond acceptors (Lipinski definition) is 4. The van der Waals surface area contributed by atoms with Gasteiger partial charge < -0.3 is 10.4 Å². The maximum absolute atomic E-state index is 12.3. The lowest BCUT2D eigenvalue weighted by atomic mass is 10.1. The summed E-state index contributed by atoms with van der Waals surface area (Å²) < 4.78 is 0. The fraction of sp³-hybridized carbons (Fsp3) is 0.867. The molecule has 0 aromatic carbocycles. The molecule has 1 saturated heterocycles. The van der Waals surface area contributed by atoms with E-state index < -0.39 is 12.0 Å². The Labute approximate surface area is 126 Å². The van der Waals surface area contributed by atoms with Crippen LogP contribution in [0.15, 0.2) is 0 Å². The number of carbonyl (C=O) groups is 2. The molecule has 2 atom stereocenters. The molecule has 2 rings (SSSR count). The standard InChI is InChI=1S/C15H27N3O3/c1-11(14(19)16-13-5-3-4-6-13)17-7-9-18(10-8-17)12(2)15(20)21/h11-13H,3-10H2,1-2H3,(H,16,19)(H,20,21). The molecule has 1 aliphatic heterocycles. The molecule has 1 aliphatic carbocycles. The fourth-order valence-electron chi connectivity index (χ4n) is 3.23. The molecule has 1 heterocycles. The summed E-state index contributed by atoms with van der Waals surface area (Å²) in [7, 11) is 0. The van der Waals surface area contributed by atoms with E-state index in [-0.39, 0.29) is 11.9 Å². The second-order valence-electron chi connectivity index (χ2n) is 6.25. The zero-order valence-corrected chi connectivity index (χ0v) is 13.0. The Morgan fingerprint density at radius 2 is 1.48 bits per heavy atom. The van der Waals surface area contributed by atoms with Crippen LogP contribution in [-0.4, -0.2) is 71.1 Å². The number of carboxylic acids is 1. The van der Waals surface area contributed by atoms with Crippen molar-refractivity contribution in [3.63, 3.8) is 0 Å². The minimum atomic E-state index is -0.782. The zero-order chi connectivity index (χ0) is 15.4. The molecule has 1 amide bonds. The lowest BCUT2D eigenvalue weighted by molar-refractivity contribution is -0.144. The average molecular weight is 297 g/mol. The monoisotopic (exact) mass is 297 g/mol. The number of carbonyl (C=O) groups excluding carboxylic acids is 1. The van der Waals surface area contributed by atoms with Crippen molar-refractivity contribution >= 4 is 11.9 Å². The SMILES string of the molecule is CC(C(=O)O)N1CCN(C(C)C(=O)NC2CCCC2)CC1. The first-order valence-corrected chi connectivity index (χ1v) is 8.00. The Morgan fingerprint density at radius 3 is 1.95 bits per heavy atom. The van der Waals surface area contributed by atoms with Crippen LogP contribution in [0.5, 0.6) is 0 Å². The van der Waals surface area contributed by atoms with Crippen molar-refractivity contribution in [3.05, 3.63) is 0 Å². The van der Waals surface area contributed by atoms with Crippen LogP contribution < -0.4 is 5.32 Å². The summed E-state index contributed by atoms with van der Waals surface area (Å²) >= 11 is 0. The normalized spacial score (nSPS) is 24.7. The lowest BCUT2D eigenvalue weighted by Crippen LogP contribution is -2.57. The van der Waals surface area contributed by atoms with Gasteiger partial charge in [0, 0.05) is 32.2 Å². The number of nitrogens with one attached hydrogen (secondary N) is 1. The predicted molar refractivity (Wildman–Crippen MR) is 80.1 cm³/mol. The highest BCUT2D eigenvalue weighted by atomic mass is 16.4. The summed E-state index contributed by atoms with van der Waals surface area (Å²) in [4.78, 5) is 27.4. The zero-order valence-electron chi connectivity index (χ0n) is 13.0. The molecule has 2 fully saturated rings. The Balaban J connectivity index is 1.78. The molecule has 6 heteroatoms. The Kier molecular flexibility index (Phi) is 5.58. The molecule has 0 bridgehead atoms. The third-order valence-corrected chi connectivity index (χ3v) is 4.88. The van der Waals surface area contributed by atoms with Crippen molar-refractivity contribution in [1.29, 1.82) is 0 Å². The first-order chi connectivity index (χ1) is 9.99. The van der Waals surface area contributed by atoms with Crippen molar-refractivity contribution in [2.75, 3.05) is 26.2 Å². The van der Waals surface area contributed by atoms with Crippen molar-refractivity contribution in [3.8, 4) is 0 Å². The third-order valence-electron chi connectivity index (χ3n) is 4.88. The van der Waals surface area contributed by atoms with E-state index in [1.165, 1.54) is 12.8 Å². The number of rotatable bonds is 5. The second-order valence-corrected chi connectivity index (χ2v) is 6.25. The molecule has 0 aromatic heterocycles. The van der Waals surface area contributed by atoms with Gasteiger partial charge in [0.15, 0.2) is 0 Å². The van der Waals surface area contributed by atoms with E-state index in [1.54, 1.807) is 6.92 Å². The van der Waals surface area contributed by atoms with E-state index in [1.807, 2.05) is 11.8 Å². The quantitative estimate of drug-likeness (QED) is 0.774. The summed E-state index contributed by atoms with van der Waals surface area (Å²) in [5.74, 6) is -0.669. The van der Waals surface area contributed by atoms with Crippen LogP contribution in [0.1, 0.15) is 39.5 Å². The number of hydrogen-bond donors (Lipinski definition) is 2. The number of aliphatic carboxylic acids is 1. The number of amides is 1. The molecule has 6 nitrogen and oxygen atoms in total. The van der Waals surface area contributed by atoms with E-state index in [2.05, 4.69) is 10.2 Å². The van der Waals surface area contributed by atoms with Gasteiger partial charge in [-0.2, -0.15) is 0 Å². The van der Waals surface area contributed by atoms with Crippen molar-refractivity contribution in [1.82, 2.24) is 15.1 Å². The van der Waals surface area contributed by atoms with E-state index in [0.717, 1.165) is 25.9 Å². The van der Waals surface area contributed by atoms with E-state index in [0.29, 0.717) is 19.1 Å². The maximum Gasteiger partial charge on any atom is 0.320 e. The summed E-state index contributed by atoms with van der Waals surface area (Å²) in [6.45, 7) is 6.56. The number of nitrogens with zero attached hydrogens (tertiary/aromatic N) is 2. The molecule has 120 valence electrons. The van der Waals surface area contributed by atoms with Crippen molar-refractivity contribution in [2.45, 2.75) is 57.7 Å². The van der Waals surface area contributed by atoms with Crippen LogP contribution in [0, 0.1) is 0 Å². The van der Waals surface area contributed by atoms with E-state index in [4.69, 9.17) is 5.11 Å². The van der Waals surface area contributed by atoms with Gasteiger partial charge in [0.05, 0.1) is 6.04 Å². The molecule has 2 N–H and O–H groups in total. The molecular formula is C15H27N3O3. The number of carboxylic acid groups (broad SMARTS) is 1. The predicted octanol–water partition coefficient (Wildman–Crippen LogP) is 0.524. The first kappa shape index (κ1) is 16.2. The van der Waals surface area contributed by atoms with Crippen LogP contribution in [0.2, 0.25) is 0 Å². The largest absolute Gasteiger partial charge is 0.480 e. The van der Waals surface area contributed by atoms with Gasteiger partial charge in [-0.1, -0.05) is 12.8 Å². The fourth-order valence-corrected chi connectivity index (χ4v) is 3.23. The second kappa shape index (κ2) is 7.22. The number of piperazine rings is 1. The van der Waals surface area contributed by atoms with Crippen LogP contribution in [0.25, 0.3) is 0 Å². The smallest absolute Gasteiger partial charge is 0.320 e. The van der Waals surface area contributed by atoms with Gasteiger partial charge >= 0.3 is 5.97 Å². The van der Waals surface area contributed by atoms with Gasteiger partial charge in [-0.25, -0.2) is 0 Å². The summed E-state index contributed by atoms with van der Waals surface area (Å²) in [5.41, 5.74) is 0. The molecular weight excluding hydrogens is 270 g/mol. The first-order valence-electron chi connectivity index (χ1n) is 8.00. The van der Waals surface area contributed by atoms with Crippen molar-refractivity contribution < 1.29 is 14.7 Å². The highest BCUT2D eigenvalue weighted by molar-refractivity contribution is 5.81. The molecule has 0 spiro atoms. The summed E-state index contributed by atoms with van der Waals surface area (Å²) in [6, 6.07) is -0.226. The molecule has 0 aromatic rings. The van der Waals surface area contributed by atoms with Crippen molar-refractivity contribution in [2.24, 2.45) is 0 Å². The van der Waals surface area contributed by atoms with Crippen LogP contribution in [0.3, 0.4) is 0 Å². The van der Waals surface area contributed by atoms with Crippen LogP contribution >= 0.6 is 0 Å². The molecule has 21 heavy (non-hydrogen) atoms. The molecule has 2 aliphatic rings. The highest BCUT2D eigenvalue weighted by Gasteiger charge is 2.30. The summed E-state index contributed by atoms with van der Waals surface area (Å²) in [6.07, 6.45) is 4.63. The maximum atomic E-state index is 12.3. The third kappa shape index (κ3) is 4.17. The summed E-state index contributed by atoms with van der Waals surface area (Å²) in [5, 5.41) is 12.2. The van der Waals surface area contributed by atoms with Gasteiger partial charge in [-0.3, -0.25) is 19.4 Å². The van der Waals surface area contributed by atoms with Gasteiger partial charge in [-0.15, -0.1) is 0 Å². The lowest BCUT2D eigenvalue weighted by Gasteiger charge is -2.39. The molecule has 0 radical (unpaired) electrons. The van der Waals surface area contributed by atoms with E-state index in [9.17, 15) is 9.59 Å². The van der Waals surface area contributed by atoms with Gasteiger partial charge in [0.1, 0.15) is 6.04 Å². The van der Waals surface area contributed by atoms with Gasteiger partial charge in [0.25, 0.3) is 0 Å². The van der Waals surface area contributed by atoms with Crippen LogP contribution in [0.4, 0.5) is 0 Å². The van der Waals surface area contributed by atoms with Gasteiger partial charge in [-0.05, 0) is 26.7 Å². The van der Waals surface area contributed by atoms with E-state index >= 15 is 0 Å². The minimum Gasteiger partial charge on any atom is -0.480 e. The Hall–Kier alpha value is -1.14. The topological polar surface area (TPSA) is 72.9 Å². The molecule has 1 saturated carbocycles. The molecule has 2 unspecified atom stereocenters.